The van der Waals surface area contributed by atoms with Crippen LogP contribution in [-0.4, -0.2) is 73.8 Å². The van der Waals surface area contributed by atoms with Crippen LogP contribution in [0.15, 0.2) is 10.8 Å². The van der Waals surface area contributed by atoms with Crippen molar-refractivity contribution in [1.82, 2.24) is 29.7 Å². The number of hydrogen-bond donors (Lipinski definition) is 1. The fourth-order valence-corrected chi connectivity index (χ4v) is 3.70. The molecule has 178 valence electrons. The zero-order chi connectivity index (χ0) is 23.8. The number of nitrogens with zero attached hydrogens (tertiary/aromatic N) is 6. The van der Waals surface area contributed by atoms with Crippen LogP contribution in [0.4, 0.5) is 10.6 Å². The van der Waals surface area contributed by atoms with Crippen molar-refractivity contribution in [3.8, 4) is 17.3 Å². The summed E-state index contributed by atoms with van der Waals surface area (Å²) in [6.07, 6.45) is 0.810. The van der Waals surface area contributed by atoms with Crippen molar-refractivity contribution in [2.45, 2.75) is 45.9 Å². The van der Waals surface area contributed by atoms with E-state index >= 15 is 0 Å². The van der Waals surface area contributed by atoms with E-state index in [0.29, 0.717) is 54.5 Å². The molecule has 3 aromatic heterocycles. The molecule has 1 atom stereocenters. The Morgan fingerprint density at radius 2 is 2.15 bits per heavy atom. The number of pyridine rings is 1. The van der Waals surface area contributed by atoms with Gasteiger partial charge in [-0.25, -0.2) is 19.4 Å². The Hall–Kier alpha value is -3.12. The number of nitrogens with two attached hydrogens (primary N) is 1. The Morgan fingerprint density at radius 1 is 1.36 bits per heavy atom. The number of imidazole rings is 1. The number of halogens is 1. The molecule has 4 rings (SSSR count). The molecule has 3 aromatic rings. The zero-order valence-electron chi connectivity index (χ0n) is 18.9. The molecule has 4 heterocycles. The lowest BCUT2D eigenvalue weighted by molar-refractivity contribution is -0.0556. The Kier molecular flexibility index (Phi) is 6.30. The van der Waals surface area contributed by atoms with Crippen LogP contribution in [0.1, 0.15) is 27.7 Å². The van der Waals surface area contributed by atoms with E-state index in [1.165, 1.54) is 6.20 Å². The van der Waals surface area contributed by atoms with E-state index in [2.05, 4.69) is 20.3 Å². The van der Waals surface area contributed by atoms with Gasteiger partial charge in [-0.3, -0.25) is 0 Å². The second kappa shape index (κ2) is 9.02. The smallest absolute Gasteiger partial charge is 0.410 e. The maximum atomic E-state index is 12.4. The Morgan fingerprint density at radius 3 is 2.82 bits per heavy atom. The summed E-state index contributed by atoms with van der Waals surface area (Å²) < 4.78 is 23.9. The SMILES string of the molecule is CCn1c(-c2nonc2N)nc2c(Cl)ncc(OCC3CN(C(=O)OC(C)(C)C)CCO3)c21. The van der Waals surface area contributed by atoms with Gasteiger partial charge in [-0.1, -0.05) is 11.6 Å². The quantitative estimate of drug-likeness (QED) is 0.542. The van der Waals surface area contributed by atoms with Crippen molar-refractivity contribution in [3.05, 3.63) is 11.3 Å². The van der Waals surface area contributed by atoms with Gasteiger partial charge in [0.2, 0.25) is 0 Å². The molecule has 0 radical (unpaired) electrons. The molecule has 33 heavy (non-hydrogen) atoms. The predicted octanol–water partition coefficient (Wildman–Crippen LogP) is 2.75. The predicted molar refractivity (Wildman–Crippen MR) is 119 cm³/mol. The lowest BCUT2D eigenvalue weighted by atomic mass is 10.2. The van der Waals surface area contributed by atoms with Crippen LogP contribution in [0.5, 0.6) is 5.75 Å². The first kappa shape index (κ1) is 23.1. The fraction of sp³-hybridized carbons (Fsp3) is 0.550. The molecule has 2 N–H and O–H groups in total. The van der Waals surface area contributed by atoms with Crippen molar-refractivity contribution >= 4 is 34.5 Å². The number of fused-ring (bicyclic) bond motifs is 1. The van der Waals surface area contributed by atoms with Gasteiger partial charge >= 0.3 is 6.09 Å². The van der Waals surface area contributed by atoms with E-state index in [1.807, 2.05) is 32.3 Å². The van der Waals surface area contributed by atoms with Crippen LogP contribution in [0.25, 0.3) is 22.6 Å². The van der Waals surface area contributed by atoms with Crippen LogP contribution < -0.4 is 10.5 Å². The van der Waals surface area contributed by atoms with Crippen molar-refractivity contribution in [3.63, 3.8) is 0 Å². The van der Waals surface area contributed by atoms with Gasteiger partial charge in [-0.15, -0.1) is 0 Å². The molecule has 0 aromatic carbocycles. The average Bonchev–Trinajstić information content (AvgIpc) is 3.36. The minimum Gasteiger partial charge on any atom is -0.487 e. The van der Waals surface area contributed by atoms with E-state index in [1.54, 1.807) is 4.90 Å². The molecule has 1 unspecified atom stereocenters. The highest BCUT2D eigenvalue weighted by molar-refractivity contribution is 6.34. The molecular formula is C20H26ClN7O5. The first-order valence-corrected chi connectivity index (χ1v) is 10.9. The van der Waals surface area contributed by atoms with Crippen molar-refractivity contribution in [1.29, 1.82) is 0 Å². The average molecular weight is 480 g/mol. The molecule has 0 spiro atoms. The summed E-state index contributed by atoms with van der Waals surface area (Å²) in [7, 11) is 0. The highest BCUT2D eigenvalue weighted by atomic mass is 35.5. The topological polar surface area (TPSA) is 144 Å². The van der Waals surface area contributed by atoms with E-state index in [-0.39, 0.29) is 29.8 Å². The number of morpholine rings is 1. The summed E-state index contributed by atoms with van der Waals surface area (Å²) in [6.45, 7) is 9.34. The van der Waals surface area contributed by atoms with Gasteiger partial charge < -0.3 is 29.4 Å². The van der Waals surface area contributed by atoms with Gasteiger partial charge in [0.15, 0.2) is 28.2 Å². The monoisotopic (exact) mass is 479 g/mol. The van der Waals surface area contributed by atoms with Crippen molar-refractivity contribution in [2.24, 2.45) is 0 Å². The zero-order valence-corrected chi connectivity index (χ0v) is 19.6. The van der Waals surface area contributed by atoms with Crippen LogP contribution in [0.2, 0.25) is 5.15 Å². The molecular weight excluding hydrogens is 454 g/mol. The third kappa shape index (κ3) is 4.81. The van der Waals surface area contributed by atoms with Gasteiger partial charge in [0.1, 0.15) is 29.3 Å². The first-order chi connectivity index (χ1) is 15.7. The molecule has 1 saturated heterocycles. The second-order valence-electron chi connectivity index (χ2n) is 8.52. The molecule has 0 aliphatic carbocycles. The number of anilines is 1. The first-order valence-electron chi connectivity index (χ1n) is 10.5. The van der Waals surface area contributed by atoms with Crippen molar-refractivity contribution in [2.75, 3.05) is 32.0 Å². The number of carbonyl (C=O) groups is 1. The number of aromatic nitrogens is 5. The summed E-state index contributed by atoms with van der Waals surface area (Å²) in [6, 6.07) is 0. The minimum absolute atomic E-state index is 0.115. The summed E-state index contributed by atoms with van der Waals surface area (Å²) in [4.78, 5) is 22.8. The molecule has 13 heteroatoms. The summed E-state index contributed by atoms with van der Waals surface area (Å²) in [5, 5.41) is 7.69. The molecule has 12 nitrogen and oxygen atoms in total. The third-order valence-corrected chi connectivity index (χ3v) is 5.23. The van der Waals surface area contributed by atoms with Gasteiger partial charge in [0.25, 0.3) is 0 Å². The van der Waals surface area contributed by atoms with Crippen LogP contribution in [0, 0.1) is 0 Å². The molecule has 1 fully saturated rings. The highest BCUT2D eigenvalue weighted by Gasteiger charge is 2.29. The lowest BCUT2D eigenvalue weighted by Crippen LogP contribution is -2.49. The van der Waals surface area contributed by atoms with Gasteiger partial charge in [-0.2, -0.15) is 0 Å². The number of carbonyl (C=O) groups excluding carboxylic acids is 1. The Bertz CT molecular complexity index is 1160. The molecule has 0 saturated carbocycles. The molecule has 1 aliphatic rings. The number of aryl methyl sites for hydroxylation is 1. The van der Waals surface area contributed by atoms with Gasteiger partial charge in [0.05, 0.1) is 19.3 Å². The van der Waals surface area contributed by atoms with Gasteiger partial charge in [-0.05, 0) is 38.0 Å². The maximum Gasteiger partial charge on any atom is 0.410 e. The van der Waals surface area contributed by atoms with E-state index in [9.17, 15) is 4.79 Å². The number of rotatable bonds is 5. The van der Waals surface area contributed by atoms with E-state index in [4.69, 9.17) is 36.2 Å². The third-order valence-electron chi connectivity index (χ3n) is 4.95. The molecule has 1 amide bonds. The van der Waals surface area contributed by atoms with Crippen LogP contribution in [0.3, 0.4) is 0 Å². The van der Waals surface area contributed by atoms with Gasteiger partial charge in [0, 0.05) is 13.1 Å². The number of nitrogen functional groups attached to an aromatic ring is 1. The van der Waals surface area contributed by atoms with Crippen molar-refractivity contribution < 1.29 is 23.6 Å². The number of amides is 1. The highest BCUT2D eigenvalue weighted by Crippen LogP contribution is 2.34. The Balaban J connectivity index is 1.56. The fourth-order valence-electron chi connectivity index (χ4n) is 3.52. The number of ether oxygens (including phenoxy) is 3. The second-order valence-corrected chi connectivity index (χ2v) is 8.88. The Labute approximate surface area is 194 Å². The normalized spacial score (nSPS) is 16.9. The number of hydrogen-bond acceptors (Lipinski definition) is 10. The summed E-state index contributed by atoms with van der Waals surface area (Å²) in [5.41, 5.74) is 6.67. The summed E-state index contributed by atoms with van der Waals surface area (Å²) in [5.74, 6) is 1.02. The minimum atomic E-state index is -0.568. The van der Waals surface area contributed by atoms with Crippen LogP contribution in [-0.2, 0) is 16.0 Å². The van der Waals surface area contributed by atoms with E-state index in [0.717, 1.165) is 0 Å². The largest absolute Gasteiger partial charge is 0.487 e. The van der Waals surface area contributed by atoms with Crippen LogP contribution >= 0.6 is 11.6 Å². The lowest BCUT2D eigenvalue weighted by Gasteiger charge is -2.34. The maximum absolute atomic E-state index is 12.4. The molecule has 0 bridgehead atoms. The summed E-state index contributed by atoms with van der Waals surface area (Å²) >= 11 is 6.31. The molecule has 1 aliphatic heterocycles. The standard InChI is InChI=1S/C20H26ClN7O5/c1-5-28-15-12(8-23-16(21)13(15)24-18(28)14-17(22)26-33-25-14)31-10-11-9-27(6-7-30-11)19(29)32-20(2,3)4/h8,11H,5-7,9-10H2,1-4H3,(H2,22,26). The van der Waals surface area contributed by atoms with E-state index < -0.39 is 5.60 Å².